The molecule has 29 heavy (non-hydrogen) atoms. The number of rotatable bonds is 2. The van der Waals surface area contributed by atoms with E-state index >= 15 is 0 Å². The molecule has 0 bridgehead atoms. The van der Waals surface area contributed by atoms with Crippen LogP contribution < -0.4 is 15.0 Å². The van der Waals surface area contributed by atoms with E-state index in [4.69, 9.17) is 4.74 Å². The fraction of sp³-hybridized carbons (Fsp3) is 0.318. The maximum Gasteiger partial charge on any atom is 0.250 e. The SMILES string of the molecule is COc1ccc2c(c1)C1(C(=O)N2)C2C(=O)N(c3ccc(C)cc3)C(=O)C2CN1C. The Balaban J connectivity index is 1.66. The van der Waals surface area contributed by atoms with Gasteiger partial charge in [0.25, 0.3) is 0 Å². The van der Waals surface area contributed by atoms with Crippen LogP contribution in [0.15, 0.2) is 42.5 Å². The van der Waals surface area contributed by atoms with E-state index in [2.05, 4.69) is 5.32 Å². The highest BCUT2D eigenvalue weighted by Crippen LogP contribution is 2.56. The van der Waals surface area contributed by atoms with E-state index in [1.807, 2.05) is 24.0 Å². The predicted octanol–water partition coefficient (Wildman–Crippen LogP) is 1.90. The molecule has 7 nitrogen and oxygen atoms in total. The zero-order valence-electron chi connectivity index (χ0n) is 16.4. The predicted molar refractivity (Wildman–Crippen MR) is 107 cm³/mol. The molecular weight excluding hydrogens is 370 g/mol. The fourth-order valence-electron chi connectivity index (χ4n) is 5.11. The van der Waals surface area contributed by atoms with Crippen LogP contribution in [0, 0.1) is 18.8 Å². The van der Waals surface area contributed by atoms with Gasteiger partial charge in [-0.25, -0.2) is 4.90 Å². The van der Waals surface area contributed by atoms with Crippen LogP contribution in [-0.2, 0) is 19.9 Å². The monoisotopic (exact) mass is 391 g/mol. The van der Waals surface area contributed by atoms with Gasteiger partial charge in [0, 0.05) is 17.8 Å². The topological polar surface area (TPSA) is 79.0 Å². The Hall–Kier alpha value is -3.19. The Morgan fingerprint density at radius 3 is 2.48 bits per heavy atom. The van der Waals surface area contributed by atoms with Crippen LogP contribution in [-0.4, -0.2) is 43.3 Å². The first-order valence-corrected chi connectivity index (χ1v) is 9.55. The minimum Gasteiger partial charge on any atom is -0.497 e. The molecule has 5 rings (SSSR count). The third-order valence-corrected chi connectivity index (χ3v) is 6.47. The normalized spacial score (nSPS) is 28.1. The highest BCUT2D eigenvalue weighted by Gasteiger charge is 2.70. The molecule has 2 aromatic carbocycles. The average molecular weight is 391 g/mol. The minimum atomic E-state index is -1.22. The number of ether oxygens (including phenoxy) is 1. The number of carbonyl (C=O) groups is 3. The van der Waals surface area contributed by atoms with Crippen molar-refractivity contribution in [3.63, 3.8) is 0 Å². The number of hydrogen-bond acceptors (Lipinski definition) is 5. The highest BCUT2D eigenvalue weighted by molar-refractivity contribution is 6.25. The van der Waals surface area contributed by atoms with Crippen molar-refractivity contribution in [2.24, 2.45) is 11.8 Å². The summed E-state index contributed by atoms with van der Waals surface area (Å²) in [6.07, 6.45) is 0. The number of nitrogens with one attached hydrogen (secondary N) is 1. The standard InChI is InChI=1S/C22H21N3O4/c1-12-4-6-13(7-5-12)25-19(26)15-11-24(2)22(18(15)20(25)27)16-10-14(29-3)8-9-17(16)23-21(22)28/h4-10,15,18H,11H2,1-3H3,(H,23,28). The zero-order valence-corrected chi connectivity index (χ0v) is 16.4. The lowest BCUT2D eigenvalue weighted by atomic mass is 9.76. The van der Waals surface area contributed by atoms with E-state index in [0.29, 0.717) is 29.2 Å². The van der Waals surface area contributed by atoms with Gasteiger partial charge in [-0.2, -0.15) is 0 Å². The van der Waals surface area contributed by atoms with Crippen LogP contribution in [0.2, 0.25) is 0 Å². The van der Waals surface area contributed by atoms with Crippen molar-refractivity contribution in [1.82, 2.24) is 4.90 Å². The third-order valence-electron chi connectivity index (χ3n) is 6.47. The third kappa shape index (κ3) is 2.13. The van der Waals surface area contributed by atoms with Crippen molar-refractivity contribution >= 4 is 29.1 Å². The summed E-state index contributed by atoms with van der Waals surface area (Å²) < 4.78 is 5.35. The highest BCUT2D eigenvalue weighted by atomic mass is 16.5. The van der Waals surface area contributed by atoms with Crippen LogP contribution >= 0.6 is 0 Å². The number of nitrogens with zero attached hydrogens (tertiary/aromatic N) is 2. The summed E-state index contributed by atoms with van der Waals surface area (Å²) in [7, 11) is 3.35. The second kappa shape index (κ2) is 5.90. The van der Waals surface area contributed by atoms with Crippen LogP contribution in [0.1, 0.15) is 11.1 Å². The lowest BCUT2D eigenvalue weighted by molar-refractivity contribution is -0.134. The lowest BCUT2D eigenvalue weighted by Gasteiger charge is -2.34. The second-order valence-electron chi connectivity index (χ2n) is 7.94. The lowest BCUT2D eigenvalue weighted by Crippen LogP contribution is -2.52. The Kier molecular flexibility index (Phi) is 3.64. The van der Waals surface area contributed by atoms with Crippen molar-refractivity contribution in [2.45, 2.75) is 12.5 Å². The number of anilines is 2. The summed E-state index contributed by atoms with van der Waals surface area (Å²) in [5, 5.41) is 2.90. The van der Waals surface area contributed by atoms with Crippen molar-refractivity contribution < 1.29 is 19.1 Å². The van der Waals surface area contributed by atoms with E-state index < -0.39 is 17.4 Å². The molecule has 2 saturated heterocycles. The second-order valence-corrected chi connectivity index (χ2v) is 7.94. The molecule has 2 aromatic rings. The van der Waals surface area contributed by atoms with E-state index in [0.717, 1.165) is 5.56 Å². The average Bonchev–Trinajstić information content (AvgIpc) is 3.26. The van der Waals surface area contributed by atoms with Crippen LogP contribution in [0.4, 0.5) is 11.4 Å². The number of imide groups is 1. The number of methoxy groups -OCH3 is 1. The van der Waals surface area contributed by atoms with Gasteiger partial charge in [-0.15, -0.1) is 0 Å². The number of benzene rings is 2. The summed E-state index contributed by atoms with van der Waals surface area (Å²) in [6.45, 7) is 2.28. The van der Waals surface area contributed by atoms with Crippen molar-refractivity contribution in [1.29, 1.82) is 0 Å². The first-order valence-electron chi connectivity index (χ1n) is 9.55. The molecule has 2 fully saturated rings. The van der Waals surface area contributed by atoms with Gasteiger partial charge in [0.2, 0.25) is 17.7 Å². The molecule has 7 heteroatoms. The molecule has 3 atom stereocenters. The number of hydrogen-bond donors (Lipinski definition) is 1. The zero-order chi connectivity index (χ0) is 20.5. The number of likely N-dealkylation sites (N-methyl/N-ethyl adjacent to an activating group) is 1. The summed E-state index contributed by atoms with van der Waals surface area (Å²) in [5.74, 6) is -1.62. The van der Waals surface area contributed by atoms with E-state index in [9.17, 15) is 14.4 Å². The number of likely N-dealkylation sites (tertiary alicyclic amines) is 1. The molecule has 3 aliphatic rings. The van der Waals surface area contributed by atoms with Gasteiger partial charge >= 0.3 is 0 Å². The van der Waals surface area contributed by atoms with Gasteiger partial charge in [0.15, 0.2) is 0 Å². The van der Waals surface area contributed by atoms with E-state index in [1.165, 1.54) is 4.90 Å². The van der Waals surface area contributed by atoms with E-state index in [-0.39, 0.29) is 17.7 Å². The molecule has 3 heterocycles. The molecular formula is C22H21N3O4. The Morgan fingerprint density at radius 1 is 1.07 bits per heavy atom. The number of carbonyl (C=O) groups excluding carboxylic acids is 3. The van der Waals surface area contributed by atoms with Gasteiger partial charge in [0.05, 0.1) is 24.6 Å². The molecule has 0 aliphatic carbocycles. The maximum absolute atomic E-state index is 13.6. The molecule has 3 amide bonds. The van der Waals surface area contributed by atoms with Gasteiger partial charge in [-0.1, -0.05) is 17.7 Å². The molecule has 0 saturated carbocycles. The molecule has 1 spiro atoms. The fourth-order valence-corrected chi connectivity index (χ4v) is 5.11. The van der Waals surface area contributed by atoms with Crippen LogP contribution in [0.25, 0.3) is 0 Å². The Labute approximate surface area is 168 Å². The first-order chi connectivity index (χ1) is 13.9. The summed E-state index contributed by atoms with van der Waals surface area (Å²) >= 11 is 0. The number of aryl methyl sites for hydroxylation is 1. The number of fused-ring (bicyclic) bond motifs is 4. The van der Waals surface area contributed by atoms with Gasteiger partial charge in [-0.05, 0) is 44.3 Å². The molecule has 0 aromatic heterocycles. The quantitative estimate of drug-likeness (QED) is 0.791. The smallest absolute Gasteiger partial charge is 0.250 e. The van der Waals surface area contributed by atoms with Crippen molar-refractivity contribution in [3.05, 3.63) is 53.6 Å². The largest absolute Gasteiger partial charge is 0.497 e. The van der Waals surface area contributed by atoms with Gasteiger partial charge < -0.3 is 10.1 Å². The molecule has 3 unspecified atom stereocenters. The van der Waals surface area contributed by atoms with Crippen LogP contribution in [0.3, 0.4) is 0 Å². The van der Waals surface area contributed by atoms with Crippen molar-refractivity contribution in [2.75, 3.05) is 30.9 Å². The van der Waals surface area contributed by atoms with Gasteiger partial charge in [-0.3, -0.25) is 19.3 Å². The summed E-state index contributed by atoms with van der Waals surface area (Å²) in [4.78, 5) is 43.2. The molecule has 148 valence electrons. The molecule has 1 N–H and O–H groups in total. The maximum atomic E-state index is 13.6. The summed E-state index contributed by atoms with van der Waals surface area (Å²) in [5.41, 5.74) is 1.70. The first kappa shape index (κ1) is 17.9. The van der Waals surface area contributed by atoms with Crippen molar-refractivity contribution in [3.8, 4) is 5.75 Å². The molecule has 3 aliphatic heterocycles. The minimum absolute atomic E-state index is 0.253. The number of amides is 3. The van der Waals surface area contributed by atoms with Gasteiger partial charge in [0.1, 0.15) is 11.3 Å². The summed E-state index contributed by atoms with van der Waals surface area (Å²) in [6, 6.07) is 12.6. The Bertz CT molecular complexity index is 1060. The van der Waals surface area contributed by atoms with Crippen LogP contribution in [0.5, 0.6) is 5.75 Å². The molecule has 0 radical (unpaired) electrons. The van der Waals surface area contributed by atoms with E-state index in [1.54, 1.807) is 44.5 Å². The Morgan fingerprint density at radius 2 is 1.79 bits per heavy atom.